The average Bonchev–Trinajstić information content (AvgIpc) is 4.01. The van der Waals surface area contributed by atoms with Gasteiger partial charge in [-0.2, -0.15) is 0 Å². The standard InChI is InChI=1S/C52H64N8O11S/c1-30(2)39(21-20-38(25-34-13-8-6-9-14-34)57-48(64)40(53)27-42(61)70-29-35-15-10-7-11-16-35)47(63)58-41(17-12-22-55-52(54)59-72(68,69)46-32(4)23-31(3)24-33(46)5)49(65)56-28-43(62)71-60-50(66)44-36-18-19-37(26-36)45(44)51(60)67/h6-11,13-16,18-21,23-24,30,36-41,44-45H,12,17,22,25-29,53H2,1-5H3,(H,56,65)(H,57,64)(H,58,63)(H3,54,55,59)/b21-20+/t36-,37+,38-,39-,40-,41-,44+,45-/m0/s1. The van der Waals surface area contributed by atoms with Crippen LogP contribution in [0.15, 0.2) is 107 Å². The molecule has 6 rings (SSSR count). The zero-order valence-corrected chi connectivity index (χ0v) is 41.9. The zero-order valence-electron chi connectivity index (χ0n) is 41.0. The van der Waals surface area contributed by atoms with Crippen LogP contribution in [0.25, 0.3) is 0 Å². The van der Waals surface area contributed by atoms with Gasteiger partial charge in [-0.05, 0) is 86.5 Å². The van der Waals surface area contributed by atoms with Crippen molar-refractivity contribution in [3.8, 4) is 0 Å². The normalized spacial score (nSPS) is 19.9. The minimum atomic E-state index is -4.11. The number of fused-ring (bicyclic) bond motifs is 5. The second-order valence-electron chi connectivity index (χ2n) is 18.9. The monoisotopic (exact) mass is 1010 g/mol. The van der Waals surface area contributed by atoms with E-state index in [1.54, 1.807) is 64.1 Å². The summed E-state index contributed by atoms with van der Waals surface area (Å²) in [6, 6.07) is 18.5. The second kappa shape index (κ2) is 24.3. The number of carbonyl (C=O) groups is 7. The summed E-state index contributed by atoms with van der Waals surface area (Å²) in [6.07, 6.45) is 7.67. The summed E-state index contributed by atoms with van der Waals surface area (Å²) < 4.78 is 34.2. The fourth-order valence-electron chi connectivity index (χ4n) is 9.49. The summed E-state index contributed by atoms with van der Waals surface area (Å²) in [6.45, 7) is 7.95. The average molecular weight is 1010 g/mol. The van der Waals surface area contributed by atoms with E-state index in [2.05, 4.69) is 25.7 Å². The Morgan fingerprint density at radius 2 is 1.42 bits per heavy atom. The van der Waals surface area contributed by atoms with Gasteiger partial charge in [-0.15, -0.1) is 5.06 Å². The maximum absolute atomic E-state index is 14.2. The summed E-state index contributed by atoms with van der Waals surface area (Å²) in [4.78, 5) is 103. The summed E-state index contributed by atoms with van der Waals surface area (Å²) in [5.74, 6) is -8.06. The van der Waals surface area contributed by atoms with Crippen LogP contribution in [0, 0.1) is 56.3 Å². The number of nitrogens with zero attached hydrogens (tertiary/aromatic N) is 2. The number of hydrogen-bond donors (Lipinski definition) is 6. The van der Waals surface area contributed by atoms with Gasteiger partial charge in [0.15, 0.2) is 0 Å². The van der Waals surface area contributed by atoms with Crippen LogP contribution in [0.2, 0.25) is 0 Å². The van der Waals surface area contributed by atoms with E-state index in [0.717, 1.165) is 16.7 Å². The molecule has 0 radical (unpaired) electrons. The van der Waals surface area contributed by atoms with E-state index in [9.17, 15) is 42.0 Å². The van der Waals surface area contributed by atoms with Gasteiger partial charge in [0, 0.05) is 6.54 Å². The third kappa shape index (κ3) is 14.0. The molecule has 1 aliphatic heterocycles. The second-order valence-corrected chi connectivity index (χ2v) is 20.5. The number of allylic oxidation sites excluding steroid dienone is 2. The van der Waals surface area contributed by atoms with E-state index in [1.165, 1.54) is 0 Å². The van der Waals surface area contributed by atoms with Crippen molar-refractivity contribution >= 4 is 57.5 Å². The van der Waals surface area contributed by atoms with Crippen LogP contribution in [0.3, 0.4) is 0 Å². The smallest absolute Gasteiger partial charge is 0.352 e. The summed E-state index contributed by atoms with van der Waals surface area (Å²) >= 11 is 0. The number of ether oxygens (including phenoxy) is 1. The number of imide groups is 1. The quantitative estimate of drug-likeness (QED) is 0.0199. The van der Waals surface area contributed by atoms with Gasteiger partial charge in [-0.25, -0.2) is 17.9 Å². The van der Waals surface area contributed by atoms with E-state index in [4.69, 9.17) is 21.0 Å². The molecule has 8 atom stereocenters. The van der Waals surface area contributed by atoms with Crippen LogP contribution in [0.5, 0.6) is 0 Å². The third-order valence-electron chi connectivity index (χ3n) is 12.9. The van der Waals surface area contributed by atoms with Crippen molar-refractivity contribution in [2.45, 2.75) is 96.4 Å². The number of hydroxylamine groups is 2. The minimum Gasteiger partial charge on any atom is -0.461 e. The molecular weight excluding hydrogens is 945 g/mol. The molecule has 0 unspecified atom stereocenters. The lowest BCUT2D eigenvalue weighted by Gasteiger charge is -2.24. The summed E-state index contributed by atoms with van der Waals surface area (Å²) in [5.41, 5.74) is 15.8. The number of rotatable bonds is 23. The molecule has 19 nitrogen and oxygen atoms in total. The largest absolute Gasteiger partial charge is 0.461 e. The Balaban J connectivity index is 1.13. The molecule has 2 fully saturated rings. The van der Waals surface area contributed by atoms with E-state index in [1.807, 2.05) is 67.6 Å². The molecule has 3 aromatic carbocycles. The molecule has 8 N–H and O–H groups in total. The highest BCUT2D eigenvalue weighted by atomic mass is 32.2. The van der Waals surface area contributed by atoms with E-state index >= 15 is 0 Å². The Labute approximate surface area is 419 Å². The van der Waals surface area contributed by atoms with Gasteiger partial charge in [-0.1, -0.05) is 117 Å². The molecule has 5 amide bonds. The number of hydrogen-bond acceptors (Lipinski definition) is 13. The van der Waals surface area contributed by atoms with Gasteiger partial charge in [0.2, 0.25) is 23.7 Å². The molecule has 0 spiro atoms. The Morgan fingerprint density at radius 1 is 0.819 bits per heavy atom. The predicted molar refractivity (Wildman–Crippen MR) is 266 cm³/mol. The van der Waals surface area contributed by atoms with Crippen LogP contribution in [-0.4, -0.2) is 92.1 Å². The molecule has 3 aromatic rings. The number of esters is 1. The molecule has 3 aliphatic rings. The number of carbonyl (C=O) groups excluding carboxylic acids is 7. The highest BCUT2D eigenvalue weighted by Gasteiger charge is 2.61. The Kier molecular flexibility index (Phi) is 18.3. The lowest BCUT2D eigenvalue weighted by molar-refractivity contribution is -0.198. The highest BCUT2D eigenvalue weighted by Crippen LogP contribution is 2.52. The number of amides is 5. The number of nitrogens with one attached hydrogen (secondary N) is 4. The number of aliphatic imine (C=N–C) groups is 1. The Hall–Kier alpha value is -7.19. The lowest BCUT2D eigenvalue weighted by atomic mass is 9.85. The Bertz CT molecular complexity index is 2660. The summed E-state index contributed by atoms with van der Waals surface area (Å²) in [5, 5.41) is 8.56. The Morgan fingerprint density at radius 3 is 2.01 bits per heavy atom. The molecule has 2 bridgehead atoms. The first kappa shape index (κ1) is 54.1. The van der Waals surface area contributed by atoms with Crippen LogP contribution in [-0.2, 0) is 66.2 Å². The van der Waals surface area contributed by atoms with Crippen LogP contribution >= 0.6 is 0 Å². The van der Waals surface area contributed by atoms with Crippen molar-refractivity contribution in [2.24, 2.45) is 52.0 Å². The third-order valence-corrected chi connectivity index (χ3v) is 14.5. The number of guanidine groups is 1. The van der Waals surface area contributed by atoms with Crippen LogP contribution < -0.4 is 32.1 Å². The van der Waals surface area contributed by atoms with Crippen molar-refractivity contribution in [3.63, 3.8) is 0 Å². The van der Waals surface area contributed by atoms with Gasteiger partial charge in [0.05, 0.1) is 41.2 Å². The van der Waals surface area contributed by atoms with E-state index in [0.29, 0.717) is 29.0 Å². The van der Waals surface area contributed by atoms with Crippen molar-refractivity contribution in [3.05, 3.63) is 125 Å². The molecular formula is C52H64N8O11S. The maximum atomic E-state index is 14.2. The highest BCUT2D eigenvalue weighted by molar-refractivity contribution is 7.90. The van der Waals surface area contributed by atoms with Crippen LogP contribution in [0.4, 0.5) is 0 Å². The zero-order chi connectivity index (χ0) is 52.3. The molecule has 20 heteroatoms. The fourth-order valence-corrected chi connectivity index (χ4v) is 10.9. The molecule has 1 saturated carbocycles. The van der Waals surface area contributed by atoms with Crippen molar-refractivity contribution in [1.29, 1.82) is 0 Å². The number of nitrogens with two attached hydrogens (primary N) is 2. The number of benzene rings is 3. The van der Waals surface area contributed by atoms with Crippen molar-refractivity contribution in [1.82, 2.24) is 25.7 Å². The van der Waals surface area contributed by atoms with E-state index < -0.39 is 99.9 Å². The van der Waals surface area contributed by atoms with E-state index in [-0.39, 0.29) is 55.1 Å². The molecule has 0 aromatic heterocycles. The topological polar surface area (TPSA) is 288 Å². The lowest BCUT2D eigenvalue weighted by Crippen LogP contribution is -2.50. The molecule has 72 heavy (non-hydrogen) atoms. The molecule has 1 heterocycles. The number of sulfonamides is 1. The van der Waals surface area contributed by atoms with Gasteiger partial charge in [-0.3, -0.25) is 33.8 Å². The first-order valence-electron chi connectivity index (χ1n) is 24.0. The SMILES string of the molecule is Cc1cc(C)c(S(=O)(=O)NC(N)=NCCC[C@H](NC(=O)[C@@H](/C=C/[C@@H](Cc2ccccc2)NC(=O)[C@@H](N)CC(=O)OCc2ccccc2)C(C)C)C(=O)NCC(=O)ON2C(=O)[C@@H]3[C@H](C2=O)[C@H]2C=C[C@@H]3C2)c(C)c1. The first-order valence-corrected chi connectivity index (χ1v) is 25.4. The predicted octanol–water partition coefficient (Wildman–Crippen LogP) is 2.87. The summed E-state index contributed by atoms with van der Waals surface area (Å²) in [7, 11) is -4.11. The fraction of sp³-hybridized carbons (Fsp3) is 0.423. The maximum Gasteiger partial charge on any atom is 0.352 e. The van der Waals surface area contributed by atoms with Crippen molar-refractivity contribution < 1.29 is 51.6 Å². The van der Waals surface area contributed by atoms with Crippen molar-refractivity contribution in [2.75, 3.05) is 13.1 Å². The van der Waals surface area contributed by atoms with Gasteiger partial charge in [0.25, 0.3) is 21.8 Å². The van der Waals surface area contributed by atoms with Gasteiger partial charge < -0.3 is 37.0 Å². The molecule has 2 aliphatic carbocycles. The first-order chi connectivity index (χ1) is 34.2. The van der Waals surface area contributed by atoms with Gasteiger partial charge in [0.1, 0.15) is 19.2 Å². The van der Waals surface area contributed by atoms with Gasteiger partial charge >= 0.3 is 11.9 Å². The minimum absolute atomic E-state index is 0.0186. The molecule has 1 saturated heterocycles. The number of aryl methyl sites for hydroxylation is 3. The van der Waals surface area contributed by atoms with Crippen LogP contribution in [0.1, 0.15) is 67.3 Å². The molecule has 384 valence electrons.